The fraction of sp³-hybridized carbons (Fsp3) is 0.593. The summed E-state index contributed by atoms with van der Waals surface area (Å²) in [6.45, 7) is 10.8. The van der Waals surface area contributed by atoms with E-state index in [4.69, 9.17) is 14.2 Å². The number of hydrogen-bond acceptors (Lipinski definition) is 8. The molecule has 1 aromatic carbocycles. The minimum absolute atomic E-state index is 0.0702. The Bertz CT molecular complexity index is 1070. The predicted octanol–water partition coefficient (Wildman–Crippen LogP) is 3.79. The number of hydrogen-bond donors (Lipinski definition) is 0. The molecule has 10 nitrogen and oxygen atoms in total. The maximum Gasteiger partial charge on any atom is 0.411 e. The molecule has 0 aliphatic carbocycles. The Morgan fingerprint density at radius 1 is 0.821 bits per heavy atom. The van der Waals surface area contributed by atoms with Crippen molar-refractivity contribution in [3.05, 3.63) is 35.9 Å². The van der Waals surface area contributed by atoms with Crippen molar-refractivity contribution >= 4 is 29.7 Å². The summed E-state index contributed by atoms with van der Waals surface area (Å²) in [5, 5.41) is 0. The summed E-state index contributed by atoms with van der Waals surface area (Å²) >= 11 is 0. The second kappa shape index (κ2) is 12.5. The molecule has 0 spiro atoms. The summed E-state index contributed by atoms with van der Waals surface area (Å²) in [5.74, 6) is -2.38. The lowest BCUT2D eigenvalue weighted by molar-refractivity contribution is -0.152. The van der Waals surface area contributed by atoms with E-state index in [-0.39, 0.29) is 13.2 Å². The summed E-state index contributed by atoms with van der Waals surface area (Å²) in [6.07, 6.45) is -5.25. The summed E-state index contributed by atoms with van der Waals surface area (Å²) < 4.78 is 42.5. The first kappa shape index (κ1) is 31.6. The van der Waals surface area contributed by atoms with Gasteiger partial charge < -0.3 is 14.2 Å². The number of nitrogens with zero attached hydrogens (tertiary/aromatic N) is 2. The fourth-order valence-corrected chi connectivity index (χ4v) is 3.62. The third kappa shape index (κ3) is 9.00. The molecule has 2 saturated heterocycles. The molecule has 0 radical (unpaired) electrons. The van der Waals surface area contributed by atoms with Gasteiger partial charge in [-0.05, 0) is 54.0 Å². The van der Waals surface area contributed by atoms with E-state index >= 15 is 0 Å². The average Bonchev–Trinajstić information content (AvgIpc) is 3.26. The largest absolute Gasteiger partial charge is 0.459 e. The van der Waals surface area contributed by atoms with Gasteiger partial charge in [-0.2, -0.15) is 0 Å². The molecular formula is C27H36F2N2O8. The smallest absolute Gasteiger partial charge is 0.411 e. The molecule has 2 aliphatic rings. The van der Waals surface area contributed by atoms with Crippen molar-refractivity contribution < 1.29 is 47.0 Å². The molecule has 3 rings (SSSR count). The van der Waals surface area contributed by atoms with Crippen molar-refractivity contribution in [2.45, 2.75) is 90.7 Å². The molecule has 1 aromatic rings. The Hall–Kier alpha value is -3.57. The highest BCUT2D eigenvalue weighted by molar-refractivity contribution is 5.99. The van der Waals surface area contributed by atoms with Crippen LogP contribution < -0.4 is 0 Å². The number of likely N-dealkylation sites (tertiary alicyclic amines) is 2. The van der Waals surface area contributed by atoms with Crippen molar-refractivity contribution in [3.8, 4) is 0 Å². The highest BCUT2D eigenvalue weighted by Gasteiger charge is 2.50. The first-order valence-electron chi connectivity index (χ1n) is 12.4. The Balaban J connectivity index is 0.000000306. The lowest BCUT2D eigenvalue weighted by Gasteiger charge is -2.27. The molecule has 0 unspecified atom stereocenters. The molecule has 2 aliphatic heterocycles. The zero-order chi connectivity index (χ0) is 29.7. The van der Waals surface area contributed by atoms with E-state index in [0.29, 0.717) is 0 Å². The minimum Gasteiger partial charge on any atom is -0.459 e. The molecule has 39 heavy (non-hydrogen) atoms. The van der Waals surface area contributed by atoms with Crippen molar-refractivity contribution in [3.63, 3.8) is 0 Å². The quantitative estimate of drug-likeness (QED) is 0.409. The number of amides is 2. The maximum atomic E-state index is 14.1. The SMILES string of the molecule is CC(C)(C)OC(=O)N1CC(=O)[C@H](F)[C@H]1C(=O)OCc1ccccc1.C[C@@H]1[C@@H](F)C(=O)CN1C(=O)OC(C)(C)C. The number of halogens is 2. The summed E-state index contributed by atoms with van der Waals surface area (Å²) in [6, 6.07) is 6.49. The van der Waals surface area contributed by atoms with Crippen LogP contribution in [0.15, 0.2) is 30.3 Å². The van der Waals surface area contributed by atoms with Gasteiger partial charge in [-0.25, -0.2) is 23.2 Å². The molecule has 2 fully saturated rings. The molecule has 0 N–H and O–H groups in total. The van der Waals surface area contributed by atoms with Gasteiger partial charge >= 0.3 is 18.2 Å². The van der Waals surface area contributed by atoms with Gasteiger partial charge in [0.05, 0.1) is 19.1 Å². The van der Waals surface area contributed by atoms with Crippen LogP contribution in [0, 0.1) is 0 Å². The zero-order valence-corrected chi connectivity index (χ0v) is 23.2. The van der Waals surface area contributed by atoms with Gasteiger partial charge in [0.25, 0.3) is 0 Å². The molecule has 4 atom stereocenters. The number of carbonyl (C=O) groups excluding carboxylic acids is 5. The number of ketones is 2. The fourth-order valence-electron chi connectivity index (χ4n) is 3.62. The first-order chi connectivity index (χ1) is 17.9. The number of Topliss-reactive ketones (excluding diaryl/α,β-unsaturated/α-hetero) is 2. The Labute approximate surface area is 226 Å². The van der Waals surface area contributed by atoms with Crippen molar-refractivity contribution in [2.24, 2.45) is 0 Å². The van der Waals surface area contributed by atoms with Crippen molar-refractivity contribution in [1.29, 1.82) is 0 Å². The van der Waals surface area contributed by atoms with Crippen LogP contribution >= 0.6 is 0 Å². The van der Waals surface area contributed by atoms with Crippen LogP contribution in [0.2, 0.25) is 0 Å². The van der Waals surface area contributed by atoms with Gasteiger partial charge in [0.15, 0.2) is 30.0 Å². The van der Waals surface area contributed by atoms with E-state index in [2.05, 4.69) is 0 Å². The third-order valence-electron chi connectivity index (χ3n) is 5.52. The predicted molar refractivity (Wildman–Crippen MR) is 135 cm³/mol. The van der Waals surface area contributed by atoms with Crippen molar-refractivity contribution in [1.82, 2.24) is 9.80 Å². The molecule has 2 heterocycles. The topological polar surface area (TPSA) is 120 Å². The van der Waals surface area contributed by atoms with E-state index in [1.807, 2.05) is 6.07 Å². The Morgan fingerprint density at radius 2 is 1.28 bits per heavy atom. The zero-order valence-electron chi connectivity index (χ0n) is 23.2. The number of carbonyl (C=O) groups is 5. The van der Waals surface area contributed by atoms with Gasteiger partial charge in [-0.1, -0.05) is 30.3 Å². The molecular weight excluding hydrogens is 518 g/mol. The molecule has 12 heteroatoms. The molecule has 0 aromatic heterocycles. The van der Waals surface area contributed by atoms with Gasteiger partial charge in [-0.3, -0.25) is 19.4 Å². The lowest BCUT2D eigenvalue weighted by Crippen LogP contribution is -2.46. The second-order valence-corrected chi connectivity index (χ2v) is 11.2. The summed E-state index contributed by atoms with van der Waals surface area (Å²) in [4.78, 5) is 60.4. The Morgan fingerprint density at radius 3 is 1.74 bits per heavy atom. The Kier molecular flexibility index (Phi) is 10.2. The van der Waals surface area contributed by atoms with Crippen LogP contribution in [0.1, 0.15) is 54.0 Å². The summed E-state index contributed by atoms with van der Waals surface area (Å²) in [5.41, 5.74) is -0.740. The third-order valence-corrected chi connectivity index (χ3v) is 5.52. The van der Waals surface area contributed by atoms with Crippen LogP contribution in [0.4, 0.5) is 18.4 Å². The standard InChI is InChI=1S/C17H20FNO5.C10H16FNO3/c1-17(2,3)24-16(22)19-9-12(20)13(18)14(19)15(21)23-10-11-7-5-4-6-8-11;1-6-8(11)7(13)5-12(6)9(14)15-10(2,3)4/h4-8,13-14H,9-10H2,1-3H3;6,8H,5H2,1-4H3/t13-,14-;6-,8-/m01/s1. The number of esters is 1. The van der Waals surface area contributed by atoms with Crippen molar-refractivity contribution in [2.75, 3.05) is 13.1 Å². The van der Waals surface area contributed by atoms with E-state index in [0.717, 1.165) is 15.4 Å². The second-order valence-electron chi connectivity index (χ2n) is 11.2. The van der Waals surface area contributed by atoms with E-state index in [1.54, 1.807) is 65.8 Å². The number of alkyl halides is 2. The average molecular weight is 555 g/mol. The van der Waals surface area contributed by atoms with E-state index in [9.17, 15) is 32.8 Å². The van der Waals surface area contributed by atoms with Gasteiger partial charge in [0, 0.05) is 0 Å². The van der Waals surface area contributed by atoms with Crippen LogP contribution in [0.5, 0.6) is 0 Å². The number of benzene rings is 1. The lowest BCUT2D eigenvalue weighted by atomic mass is 10.2. The summed E-state index contributed by atoms with van der Waals surface area (Å²) in [7, 11) is 0. The first-order valence-corrected chi connectivity index (χ1v) is 12.4. The molecule has 2 amide bonds. The van der Waals surface area contributed by atoms with Gasteiger partial charge in [-0.15, -0.1) is 0 Å². The van der Waals surface area contributed by atoms with Gasteiger partial charge in [0.2, 0.25) is 0 Å². The molecule has 0 bridgehead atoms. The minimum atomic E-state index is -2.11. The van der Waals surface area contributed by atoms with Crippen LogP contribution in [-0.4, -0.2) is 88.2 Å². The molecule has 216 valence electrons. The van der Waals surface area contributed by atoms with Crippen LogP contribution in [0.25, 0.3) is 0 Å². The number of ether oxygens (including phenoxy) is 3. The monoisotopic (exact) mass is 554 g/mol. The van der Waals surface area contributed by atoms with Gasteiger partial charge in [0.1, 0.15) is 17.8 Å². The van der Waals surface area contributed by atoms with E-state index < -0.39 is 71.9 Å². The van der Waals surface area contributed by atoms with E-state index in [1.165, 1.54) is 6.92 Å². The highest BCUT2D eigenvalue weighted by atomic mass is 19.1. The normalized spacial score (nSPS) is 23.2. The number of rotatable bonds is 3. The maximum absolute atomic E-state index is 14.1. The van der Waals surface area contributed by atoms with Crippen LogP contribution in [-0.2, 0) is 35.2 Å². The molecule has 0 saturated carbocycles. The van der Waals surface area contributed by atoms with Crippen LogP contribution in [0.3, 0.4) is 0 Å². The highest BCUT2D eigenvalue weighted by Crippen LogP contribution is 2.23.